The Kier molecular flexibility index (Phi) is 3.53. The van der Waals surface area contributed by atoms with E-state index in [2.05, 4.69) is 20.9 Å². The molecule has 5 nitrogen and oxygen atoms in total. The second-order valence-corrected chi connectivity index (χ2v) is 4.99. The molecule has 0 unspecified atom stereocenters. The zero-order chi connectivity index (χ0) is 14.2. The number of carbonyl (C=O) groups excluding carboxylic acids is 1. The molecule has 0 amide bonds. The summed E-state index contributed by atoms with van der Waals surface area (Å²) >= 11 is 3.35. The van der Waals surface area contributed by atoms with Crippen molar-refractivity contribution in [3.63, 3.8) is 0 Å². The zero-order valence-electron chi connectivity index (χ0n) is 10.4. The molecule has 0 aliphatic heterocycles. The highest BCUT2D eigenvalue weighted by atomic mass is 79.9. The topological polar surface area (TPSA) is 71.9 Å². The number of carbonyl (C=O) groups is 1. The van der Waals surface area contributed by atoms with E-state index < -0.39 is 11.2 Å². The molecular weight excluding hydrogens is 312 g/mol. The highest BCUT2D eigenvalue weighted by molar-refractivity contribution is 9.10. The van der Waals surface area contributed by atoms with Gasteiger partial charge in [0.15, 0.2) is 5.78 Å². The van der Waals surface area contributed by atoms with Crippen LogP contribution in [0.25, 0.3) is 5.69 Å². The Labute approximate surface area is 117 Å². The second kappa shape index (κ2) is 4.97. The van der Waals surface area contributed by atoms with Gasteiger partial charge in [-0.25, -0.2) is 9.36 Å². The molecule has 0 aliphatic rings. The van der Waals surface area contributed by atoms with Gasteiger partial charge in [0.1, 0.15) is 0 Å². The third-order valence-corrected chi connectivity index (χ3v) is 3.62. The SMILES string of the molecule is CC(=O)c1c[nH]c(=O)n(-c2ccc(C)c(Br)c2)c1=O. The second-order valence-electron chi connectivity index (χ2n) is 4.14. The number of aromatic amines is 1. The number of halogens is 1. The summed E-state index contributed by atoms with van der Waals surface area (Å²) in [6.45, 7) is 3.18. The fourth-order valence-electron chi connectivity index (χ4n) is 1.68. The summed E-state index contributed by atoms with van der Waals surface area (Å²) in [7, 11) is 0. The number of H-pyrrole nitrogens is 1. The molecule has 1 aromatic heterocycles. The molecule has 0 radical (unpaired) electrons. The first-order valence-electron chi connectivity index (χ1n) is 5.54. The maximum atomic E-state index is 12.1. The molecule has 1 N–H and O–H groups in total. The summed E-state index contributed by atoms with van der Waals surface area (Å²) in [6, 6.07) is 5.10. The van der Waals surface area contributed by atoms with Crippen LogP contribution in [0.15, 0.2) is 38.5 Å². The number of nitrogens with one attached hydrogen (secondary N) is 1. The van der Waals surface area contributed by atoms with Crippen molar-refractivity contribution in [2.75, 3.05) is 0 Å². The van der Waals surface area contributed by atoms with E-state index in [-0.39, 0.29) is 11.3 Å². The quantitative estimate of drug-likeness (QED) is 0.857. The first-order valence-corrected chi connectivity index (χ1v) is 6.33. The number of hydrogen-bond acceptors (Lipinski definition) is 3. The van der Waals surface area contributed by atoms with Gasteiger partial charge in [-0.2, -0.15) is 0 Å². The monoisotopic (exact) mass is 322 g/mol. The summed E-state index contributed by atoms with van der Waals surface area (Å²) in [4.78, 5) is 37.7. The number of hydrogen-bond donors (Lipinski definition) is 1. The highest BCUT2D eigenvalue weighted by Gasteiger charge is 2.12. The molecule has 0 atom stereocenters. The first kappa shape index (κ1) is 13.5. The van der Waals surface area contributed by atoms with Crippen molar-refractivity contribution in [2.24, 2.45) is 0 Å². The van der Waals surface area contributed by atoms with Crippen LogP contribution in [0.4, 0.5) is 0 Å². The normalized spacial score (nSPS) is 10.5. The summed E-state index contributed by atoms with van der Waals surface area (Å²) < 4.78 is 1.73. The van der Waals surface area contributed by atoms with E-state index in [0.29, 0.717) is 5.69 Å². The van der Waals surface area contributed by atoms with E-state index in [4.69, 9.17) is 0 Å². The number of Topliss-reactive ketones (excluding diaryl/α,β-unsaturated/α-hetero) is 1. The molecule has 0 saturated carbocycles. The van der Waals surface area contributed by atoms with Gasteiger partial charge in [0.2, 0.25) is 0 Å². The lowest BCUT2D eigenvalue weighted by molar-refractivity contribution is 0.101. The van der Waals surface area contributed by atoms with Gasteiger partial charge in [-0.3, -0.25) is 9.59 Å². The Hall–Kier alpha value is -1.95. The lowest BCUT2D eigenvalue weighted by Gasteiger charge is -2.07. The van der Waals surface area contributed by atoms with Crippen molar-refractivity contribution in [1.82, 2.24) is 9.55 Å². The number of ketones is 1. The van der Waals surface area contributed by atoms with Crippen LogP contribution >= 0.6 is 15.9 Å². The van der Waals surface area contributed by atoms with Crippen LogP contribution in [0.5, 0.6) is 0 Å². The van der Waals surface area contributed by atoms with Crippen molar-refractivity contribution in [3.05, 3.63) is 60.8 Å². The third kappa shape index (κ3) is 2.44. The minimum atomic E-state index is -0.619. The van der Waals surface area contributed by atoms with Crippen LogP contribution < -0.4 is 11.2 Å². The van der Waals surface area contributed by atoms with Gasteiger partial charge in [-0.15, -0.1) is 0 Å². The first-order chi connectivity index (χ1) is 8.91. The molecule has 1 aromatic carbocycles. The molecule has 98 valence electrons. The molecule has 1 heterocycles. The predicted octanol–water partition coefficient (Wildman–Crippen LogP) is 1.80. The lowest BCUT2D eigenvalue weighted by atomic mass is 10.2. The molecule has 0 spiro atoms. The fourth-order valence-corrected chi connectivity index (χ4v) is 2.05. The largest absolute Gasteiger partial charge is 0.333 e. The van der Waals surface area contributed by atoms with Crippen molar-refractivity contribution in [1.29, 1.82) is 0 Å². The van der Waals surface area contributed by atoms with E-state index in [1.807, 2.05) is 6.92 Å². The highest BCUT2D eigenvalue weighted by Crippen LogP contribution is 2.18. The Morgan fingerprint density at radius 1 is 1.32 bits per heavy atom. The van der Waals surface area contributed by atoms with Crippen molar-refractivity contribution in [3.8, 4) is 5.69 Å². The average molecular weight is 323 g/mol. The van der Waals surface area contributed by atoms with E-state index >= 15 is 0 Å². The molecule has 6 heteroatoms. The Morgan fingerprint density at radius 3 is 2.58 bits per heavy atom. The minimum Gasteiger partial charge on any atom is -0.313 e. The standard InChI is InChI=1S/C13H11BrN2O3/c1-7-3-4-9(5-11(7)14)16-12(18)10(8(2)17)6-15-13(16)19/h3-6H,1-2H3,(H,15,19). The summed E-state index contributed by atoms with van der Waals surface area (Å²) in [5, 5.41) is 0. The van der Waals surface area contributed by atoms with Crippen LogP contribution in [-0.4, -0.2) is 15.3 Å². The average Bonchev–Trinajstić information content (AvgIpc) is 2.33. The van der Waals surface area contributed by atoms with E-state index in [1.54, 1.807) is 18.2 Å². The maximum absolute atomic E-state index is 12.1. The number of rotatable bonds is 2. The smallest absolute Gasteiger partial charge is 0.313 e. The fraction of sp³-hybridized carbons (Fsp3) is 0.154. The number of aryl methyl sites for hydroxylation is 1. The van der Waals surface area contributed by atoms with Crippen molar-refractivity contribution >= 4 is 21.7 Å². The number of benzene rings is 1. The van der Waals surface area contributed by atoms with E-state index in [1.165, 1.54) is 6.92 Å². The lowest BCUT2D eigenvalue weighted by Crippen LogP contribution is -2.36. The molecule has 0 aliphatic carbocycles. The maximum Gasteiger partial charge on any atom is 0.333 e. The predicted molar refractivity (Wildman–Crippen MR) is 75.1 cm³/mol. The molecule has 2 rings (SSSR count). The molecule has 0 bridgehead atoms. The van der Waals surface area contributed by atoms with Crippen LogP contribution in [0, 0.1) is 6.92 Å². The Morgan fingerprint density at radius 2 is 2.00 bits per heavy atom. The van der Waals surface area contributed by atoms with Gasteiger partial charge < -0.3 is 4.98 Å². The van der Waals surface area contributed by atoms with Gasteiger partial charge in [0.05, 0.1) is 11.3 Å². The molecule has 2 aromatic rings. The van der Waals surface area contributed by atoms with Gasteiger partial charge in [0, 0.05) is 10.7 Å². The van der Waals surface area contributed by atoms with Crippen LogP contribution in [0.3, 0.4) is 0 Å². The molecule has 0 fully saturated rings. The van der Waals surface area contributed by atoms with Gasteiger partial charge in [0.25, 0.3) is 5.56 Å². The Balaban J connectivity index is 2.78. The molecule has 19 heavy (non-hydrogen) atoms. The molecule has 0 saturated heterocycles. The third-order valence-electron chi connectivity index (χ3n) is 2.77. The van der Waals surface area contributed by atoms with E-state index in [0.717, 1.165) is 20.8 Å². The van der Waals surface area contributed by atoms with Crippen LogP contribution in [-0.2, 0) is 0 Å². The van der Waals surface area contributed by atoms with Crippen LogP contribution in [0.2, 0.25) is 0 Å². The van der Waals surface area contributed by atoms with Crippen molar-refractivity contribution < 1.29 is 4.79 Å². The van der Waals surface area contributed by atoms with Crippen molar-refractivity contribution in [2.45, 2.75) is 13.8 Å². The van der Waals surface area contributed by atoms with Gasteiger partial charge in [-0.05, 0) is 31.5 Å². The Bertz CT molecular complexity index is 774. The minimum absolute atomic E-state index is 0.0451. The van der Waals surface area contributed by atoms with Gasteiger partial charge >= 0.3 is 5.69 Å². The zero-order valence-corrected chi connectivity index (χ0v) is 11.9. The van der Waals surface area contributed by atoms with Gasteiger partial charge in [-0.1, -0.05) is 22.0 Å². The van der Waals surface area contributed by atoms with Crippen LogP contribution in [0.1, 0.15) is 22.8 Å². The summed E-state index contributed by atoms with van der Waals surface area (Å²) in [5.74, 6) is -0.388. The summed E-state index contributed by atoms with van der Waals surface area (Å²) in [5.41, 5.74) is 0.150. The number of aromatic nitrogens is 2. The number of nitrogens with zero attached hydrogens (tertiary/aromatic N) is 1. The van der Waals surface area contributed by atoms with E-state index in [9.17, 15) is 14.4 Å². The molecular formula is C13H11BrN2O3. The summed E-state index contributed by atoms with van der Waals surface area (Å²) in [6.07, 6.45) is 1.15.